The Morgan fingerprint density at radius 2 is 1.61 bits per heavy atom. The van der Waals surface area contributed by atoms with Crippen LogP contribution in [-0.2, 0) is 0 Å². The van der Waals surface area contributed by atoms with Crippen molar-refractivity contribution in [3.63, 3.8) is 0 Å². The van der Waals surface area contributed by atoms with Crippen molar-refractivity contribution in [1.29, 1.82) is 0 Å². The average molecular weight is 520 g/mol. The topological polar surface area (TPSA) is 130 Å². The van der Waals surface area contributed by atoms with E-state index in [0.29, 0.717) is 29.7 Å². The molecule has 1 aliphatic rings. The van der Waals surface area contributed by atoms with Crippen molar-refractivity contribution in [2.24, 2.45) is 11.5 Å². The van der Waals surface area contributed by atoms with E-state index in [9.17, 15) is 14.0 Å². The molecule has 0 fully saturated rings. The Morgan fingerprint density at radius 1 is 1.04 bits per heavy atom. The van der Waals surface area contributed by atoms with Gasteiger partial charge in [0.25, 0.3) is 5.91 Å². The minimum absolute atomic E-state index is 0.00694. The van der Waals surface area contributed by atoms with Crippen LogP contribution < -0.4 is 22.1 Å². The van der Waals surface area contributed by atoms with Crippen LogP contribution in [0.5, 0.6) is 0 Å². The summed E-state index contributed by atoms with van der Waals surface area (Å²) in [6.07, 6.45) is 0. The number of benzene rings is 2. The molecule has 7 nitrogen and oxygen atoms in total. The minimum atomic E-state index is -1.25. The van der Waals surface area contributed by atoms with Crippen LogP contribution in [0.25, 0.3) is 0 Å². The number of anilines is 1. The monoisotopic (exact) mass is 518 g/mol. The number of carbonyl (C=O) groups excluding carboxylic acids is 1. The second-order valence-electron chi connectivity index (χ2n) is 5.38. The van der Waals surface area contributed by atoms with Crippen LogP contribution in [0.3, 0.4) is 0 Å². The van der Waals surface area contributed by atoms with E-state index in [4.69, 9.17) is 16.6 Å². The summed E-state index contributed by atoms with van der Waals surface area (Å²) in [7, 11) is 0. The number of nitrogens with two attached hydrogens (primary N) is 2. The highest BCUT2D eigenvalue weighted by atomic mass is 79.9. The second kappa shape index (κ2) is 12.4. The predicted octanol–water partition coefficient (Wildman–Crippen LogP) is 2.79. The third-order valence-electron chi connectivity index (χ3n) is 3.28. The van der Waals surface area contributed by atoms with Crippen LogP contribution in [0.2, 0.25) is 0 Å². The Hall–Kier alpha value is -2.01. The first-order chi connectivity index (χ1) is 13.3. The molecule has 0 unspecified atom stereocenters. The molecule has 0 aliphatic carbocycles. The number of carboxylic acids is 1. The minimum Gasteiger partial charge on any atom is -0.478 e. The molecule has 0 saturated carbocycles. The maximum atomic E-state index is 12.7. The normalized spacial score (nSPS) is 12.0. The first kappa shape index (κ1) is 24.0. The van der Waals surface area contributed by atoms with Crippen molar-refractivity contribution in [1.82, 2.24) is 5.32 Å². The van der Waals surface area contributed by atoms with E-state index in [1.165, 1.54) is 12.1 Å². The van der Waals surface area contributed by atoms with Crippen LogP contribution >= 0.6 is 31.9 Å². The summed E-state index contributed by atoms with van der Waals surface area (Å²) in [6, 6.07) is 9.40. The van der Waals surface area contributed by atoms with Gasteiger partial charge in [0.2, 0.25) is 0 Å². The largest absolute Gasteiger partial charge is 0.478 e. The summed E-state index contributed by atoms with van der Waals surface area (Å²) in [4.78, 5) is 21.7. The van der Waals surface area contributed by atoms with E-state index in [1.807, 2.05) is 18.2 Å². The highest BCUT2D eigenvalue weighted by molar-refractivity contribution is 9.10. The standard InChI is InChI=1S/C9H9BrN2O.C7H4BrFO2.C2H8N2/c10-6-1-2-7-8(5-6)11-3-4-12-9(7)13;8-4-1-2-5(7(10)11)6(9)3-4;3-1-2-4/h1-2,5,11H,3-4H2,(H,12,13);1-3H,(H,10,11);1-4H2. The van der Waals surface area contributed by atoms with E-state index in [1.54, 1.807) is 0 Å². The van der Waals surface area contributed by atoms with Crippen molar-refractivity contribution in [2.75, 3.05) is 31.5 Å². The molecule has 1 heterocycles. The second-order valence-corrected chi connectivity index (χ2v) is 7.21. The summed E-state index contributed by atoms with van der Waals surface area (Å²) >= 11 is 6.38. The van der Waals surface area contributed by atoms with Crippen LogP contribution in [0, 0.1) is 5.82 Å². The first-order valence-corrected chi connectivity index (χ1v) is 9.78. The molecule has 3 rings (SSSR count). The molecule has 7 N–H and O–H groups in total. The molecule has 10 heteroatoms. The lowest BCUT2D eigenvalue weighted by Crippen LogP contribution is -2.24. The van der Waals surface area contributed by atoms with Gasteiger partial charge in [-0.2, -0.15) is 0 Å². The number of fused-ring (bicyclic) bond motifs is 1. The SMILES string of the molecule is NCCN.O=C(O)c1ccc(Br)cc1F.O=C1NCCNc2cc(Br)ccc21. The average Bonchev–Trinajstić information content (AvgIpc) is 2.83. The summed E-state index contributed by atoms with van der Waals surface area (Å²) < 4.78 is 14.2. The fraction of sp³-hybridized carbons (Fsp3) is 0.222. The molecule has 1 amide bonds. The maximum absolute atomic E-state index is 12.7. The van der Waals surface area contributed by atoms with E-state index in [0.717, 1.165) is 22.8 Å². The Kier molecular flexibility index (Phi) is 10.7. The number of nitrogens with one attached hydrogen (secondary N) is 2. The van der Waals surface area contributed by atoms with E-state index in [-0.39, 0.29) is 11.5 Å². The number of halogens is 3. The van der Waals surface area contributed by atoms with Gasteiger partial charge in [0, 0.05) is 40.8 Å². The van der Waals surface area contributed by atoms with Gasteiger partial charge in [-0.3, -0.25) is 4.79 Å². The Morgan fingerprint density at radius 3 is 2.18 bits per heavy atom. The fourth-order valence-electron chi connectivity index (χ4n) is 1.99. The van der Waals surface area contributed by atoms with Crippen LogP contribution in [-0.4, -0.2) is 43.2 Å². The van der Waals surface area contributed by atoms with Gasteiger partial charge in [0.1, 0.15) is 5.82 Å². The summed E-state index contributed by atoms with van der Waals surface area (Å²) in [5, 5.41) is 14.4. The third-order valence-corrected chi connectivity index (χ3v) is 4.27. The lowest BCUT2D eigenvalue weighted by Gasteiger charge is -2.05. The number of hydrogen-bond donors (Lipinski definition) is 5. The molecule has 0 atom stereocenters. The predicted molar refractivity (Wildman–Crippen MR) is 114 cm³/mol. The summed E-state index contributed by atoms with van der Waals surface area (Å²) in [6.45, 7) is 2.64. The van der Waals surface area contributed by atoms with Crippen molar-refractivity contribution in [3.05, 3.63) is 62.3 Å². The number of rotatable bonds is 2. The molecule has 152 valence electrons. The van der Waals surface area contributed by atoms with Crippen LogP contribution in [0.4, 0.5) is 10.1 Å². The van der Waals surface area contributed by atoms with Gasteiger partial charge in [0.15, 0.2) is 0 Å². The molecule has 28 heavy (non-hydrogen) atoms. The number of carbonyl (C=O) groups is 2. The third kappa shape index (κ3) is 7.93. The molecule has 0 bridgehead atoms. The van der Waals surface area contributed by atoms with Crippen molar-refractivity contribution in [3.8, 4) is 0 Å². The van der Waals surface area contributed by atoms with Crippen molar-refractivity contribution in [2.45, 2.75) is 0 Å². The highest BCUT2D eigenvalue weighted by Crippen LogP contribution is 2.22. The molecule has 0 spiro atoms. The Balaban J connectivity index is 0.000000239. The number of amides is 1. The molecular weight excluding hydrogens is 499 g/mol. The van der Waals surface area contributed by atoms with Gasteiger partial charge in [-0.1, -0.05) is 31.9 Å². The smallest absolute Gasteiger partial charge is 0.338 e. The molecule has 2 aromatic carbocycles. The Labute approximate surface area is 178 Å². The van der Waals surface area contributed by atoms with E-state index in [2.05, 4.69) is 42.5 Å². The molecule has 0 radical (unpaired) electrons. The Bertz CT molecular complexity index is 819. The summed E-state index contributed by atoms with van der Waals surface area (Å²) in [5.41, 5.74) is 11.1. The molecular formula is C18H21Br2FN4O3. The zero-order chi connectivity index (χ0) is 21.1. The number of hydrogen-bond acceptors (Lipinski definition) is 5. The number of carboxylic acid groups (broad SMARTS) is 1. The quantitative estimate of drug-likeness (QED) is 0.414. The van der Waals surface area contributed by atoms with Gasteiger partial charge >= 0.3 is 5.97 Å². The lowest BCUT2D eigenvalue weighted by molar-refractivity contribution is 0.0691. The molecule has 0 aromatic heterocycles. The van der Waals surface area contributed by atoms with Gasteiger partial charge in [-0.15, -0.1) is 0 Å². The van der Waals surface area contributed by atoms with Gasteiger partial charge in [-0.05, 0) is 36.4 Å². The van der Waals surface area contributed by atoms with Gasteiger partial charge in [0.05, 0.1) is 11.1 Å². The van der Waals surface area contributed by atoms with E-state index < -0.39 is 11.8 Å². The molecule has 2 aromatic rings. The van der Waals surface area contributed by atoms with Crippen LogP contribution in [0.15, 0.2) is 45.3 Å². The maximum Gasteiger partial charge on any atom is 0.338 e. The van der Waals surface area contributed by atoms with Gasteiger partial charge < -0.3 is 27.2 Å². The number of aromatic carboxylic acids is 1. The van der Waals surface area contributed by atoms with E-state index >= 15 is 0 Å². The first-order valence-electron chi connectivity index (χ1n) is 8.20. The zero-order valence-electron chi connectivity index (χ0n) is 14.8. The van der Waals surface area contributed by atoms with Gasteiger partial charge in [-0.25, -0.2) is 9.18 Å². The highest BCUT2D eigenvalue weighted by Gasteiger charge is 2.13. The molecule has 1 aliphatic heterocycles. The molecule has 0 saturated heterocycles. The lowest BCUT2D eigenvalue weighted by atomic mass is 10.2. The summed E-state index contributed by atoms with van der Waals surface area (Å²) in [5.74, 6) is -1.99. The van der Waals surface area contributed by atoms with Crippen molar-refractivity contribution >= 4 is 49.4 Å². The fourth-order valence-corrected chi connectivity index (χ4v) is 2.69. The van der Waals surface area contributed by atoms with Crippen molar-refractivity contribution < 1.29 is 19.1 Å². The van der Waals surface area contributed by atoms with Crippen LogP contribution in [0.1, 0.15) is 20.7 Å². The zero-order valence-corrected chi connectivity index (χ0v) is 18.0.